The predicted octanol–water partition coefficient (Wildman–Crippen LogP) is 2.91. The molecule has 100 valence electrons. The fourth-order valence-electron chi connectivity index (χ4n) is 2.27. The largest absolute Gasteiger partial charge is 0.490 e. The van der Waals surface area contributed by atoms with Gasteiger partial charge >= 0.3 is 0 Å². The maximum Gasteiger partial charge on any atom is 0.124 e. The zero-order valence-corrected chi connectivity index (χ0v) is 11.7. The molecule has 0 aromatic heterocycles. The molecule has 2 rings (SSSR count). The SMILES string of the molecule is CCC(C)(C)OC1COc2ccccc2C1NC. The van der Waals surface area contributed by atoms with Gasteiger partial charge in [0.15, 0.2) is 0 Å². The molecule has 2 atom stereocenters. The maximum absolute atomic E-state index is 6.20. The lowest BCUT2D eigenvalue weighted by Gasteiger charge is -2.38. The van der Waals surface area contributed by atoms with Gasteiger partial charge in [-0.05, 0) is 33.4 Å². The molecule has 0 aliphatic carbocycles. The van der Waals surface area contributed by atoms with E-state index in [0.29, 0.717) is 6.61 Å². The average Bonchev–Trinajstić information content (AvgIpc) is 2.38. The van der Waals surface area contributed by atoms with Crippen LogP contribution in [0.2, 0.25) is 0 Å². The van der Waals surface area contributed by atoms with E-state index in [2.05, 4.69) is 32.2 Å². The first-order valence-corrected chi connectivity index (χ1v) is 6.64. The summed E-state index contributed by atoms with van der Waals surface area (Å²) in [5.41, 5.74) is 1.07. The molecule has 3 heteroatoms. The maximum atomic E-state index is 6.20. The Hall–Kier alpha value is -1.06. The highest BCUT2D eigenvalue weighted by Gasteiger charge is 2.34. The van der Waals surface area contributed by atoms with Gasteiger partial charge < -0.3 is 14.8 Å². The van der Waals surface area contributed by atoms with E-state index in [1.807, 2.05) is 25.2 Å². The summed E-state index contributed by atoms with van der Waals surface area (Å²) in [4.78, 5) is 0. The number of fused-ring (bicyclic) bond motifs is 1. The van der Waals surface area contributed by atoms with Crippen LogP contribution in [0.3, 0.4) is 0 Å². The minimum Gasteiger partial charge on any atom is -0.490 e. The Morgan fingerprint density at radius 3 is 2.78 bits per heavy atom. The molecular formula is C15H23NO2. The fraction of sp³-hybridized carbons (Fsp3) is 0.600. The highest BCUT2D eigenvalue weighted by Crippen LogP contribution is 2.35. The van der Waals surface area contributed by atoms with Crippen molar-refractivity contribution in [2.24, 2.45) is 0 Å². The fourth-order valence-corrected chi connectivity index (χ4v) is 2.27. The number of hydrogen-bond donors (Lipinski definition) is 1. The van der Waals surface area contributed by atoms with Crippen molar-refractivity contribution in [2.45, 2.75) is 44.9 Å². The molecule has 0 fully saturated rings. The summed E-state index contributed by atoms with van der Waals surface area (Å²) in [7, 11) is 1.97. The van der Waals surface area contributed by atoms with Crippen molar-refractivity contribution in [3.8, 4) is 5.75 Å². The second-order valence-electron chi connectivity index (χ2n) is 5.38. The van der Waals surface area contributed by atoms with Crippen molar-refractivity contribution in [3.63, 3.8) is 0 Å². The van der Waals surface area contributed by atoms with E-state index in [0.717, 1.165) is 12.2 Å². The minimum atomic E-state index is -0.116. The number of rotatable bonds is 4. The molecule has 1 aromatic carbocycles. The number of para-hydroxylation sites is 1. The van der Waals surface area contributed by atoms with Crippen LogP contribution in [0.1, 0.15) is 38.8 Å². The molecule has 0 radical (unpaired) electrons. The second kappa shape index (κ2) is 5.29. The van der Waals surface area contributed by atoms with Gasteiger partial charge in [0, 0.05) is 5.56 Å². The summed E-state index contributed by atoms with van der Waals surface area (Å²) in [5.74, 6) is 0.964. The summed E-state index contributed by atoms with van der Waals surface area (Å²) < 4.78 is 12.0. The monoisotopic (exact) mass is 249 g/mol. The zero-order chi connectivity index (χ0) is 13.2. The Morgan fingerprint density at radius 2 is 2.11 bits per heavy atom. The topological polar surface area (TPSA) is 30.5 Å². The van der Waals surface area contributed by atoms with Crippen molar-refractivity contribution >= 4 is 0 Å². The number of hydrogen-bond acceptors (Lipinski definition) is 3. The van der Waals surface area contributed by atoms with E-state index in [1.165, 1.54) is 5.56 Å². The molecule has 0 saturated carbocycles. The van der Waals surface area contributed by atoms with Crippen molar-refractivity contribution in [3.05, 3.63) is 29.8 Å². The van der Waals surface area contributed by atoms with Crippen LogP contribution in [0.15, 0.2) is 24.3 Å². The van der Waals surface area contributed by atoms with E-state index < -0.39 is 0 Å². The highest BCUT2D eigenvalue weighted by molar-refractivity contribution is 5.38. The molecule has 18 heavy (non-hydrogen) atoms. The zero-order valence-electron chi connectivity index (χ0n) is 11.7. The summed E-state index contributed by atoms with van der Waals surface area (Å²) in [6.45, 7) is 7.00. The van der Waals surface area contributed by atoms with E-state index >= 15 is 0 Å². The summed E-state index contributed by atoms with van der Waals surface area (Å²) in [6.07, 6.45) is 1.04. The van der Waals surface area contributed by atoms with Crippen LogP contribution in [0.5, 0.6) is 5.75 Å². The minimum absolute atomic E-state index is 0.0554. The highest BCUT2D eigenvalue weighted by atomic mass is 16.5. The Bertz CT molecular complexity index is 403. The van der Waals surface area contributed by atoms with Crippen LogP contribution >= 0.6 is 0 Å². The number of ether oxygens (including phenoxy) is 2. The Kier molecular flexibility index (Phi) is 3.93. The molecule has 1 aromatic rings. The number of nitrogens with one attached hydrogen (secondary N) is 1. The van der Waals surface area contributed by atoms with Crippen LogP contribution in [0.25, 0.3) is 0 Å². The van der Waals surface area contributed by atoms with Gasteiger partial charge in [-0.1, -0.05) is 25.1 Å². The van der Waals surface area contributed by atoms with Gasteiger partial charge in [-0.25, -0.2) is 0 Å². The Balaban J connectivity index is 2.20. The van der Waals surface area contributed by atoms with Gasteiger partial charge in [0.1, 0.15) is 18.5 Å². The molecule has 1 aliphatic heterocycles. The van der Waals surface area contributed by atoms with Crippen LogP contribution in [0.4, 0.5) is 0 Å². The second-order valence-corrected chi connectivity index (χ2v) is 5.38. The van der Waals surface area contributed by atoms with E-state index in [-0.39, 0.29) is 17.7 Å². The lowest BCUT2D eigenvalue weighted by atomic mass is 9.97. The van der Waals surface area contributed by atoms with Gasteiger partial charge in [-0.15, -0.1) is 0 Å². The molecule has 0 bridgehead atoms. The van der Waals surface area contributed by atoms with Gasteiger partial charge in [0.05, 0.1) is 11.6 Å². The van der Waals surface area contributed by atoms with E-state index in [1.54, 1.807) is 0 Å². The van der Waals surface area contributed by atoms with Crippen LogP contribution in [-0.2, 0) is 4.74 Å². The summed E-state index contributed by atoms with van der Waals surface area (Å²) in [6, 6.07) is 8.36. The molecule has 0 spiro atoms. The molecule has 3 nitrogen and oxygen atoms in total. The first-order valence-electron chi connectivity index (χ1n) is 6.64. The molecule has 1 heterocycles. The van der Waals surface area contributed by atoms with Crippen molar-refractivity contribution < 1.29 is 9.47 Å². The molecule has 0 saturated heterocycles. The Labute approximate surface area is 109 Å². The number of benzene rings is 1. The normalized spacial score (nSPS) is 23.3. The molecule has 2 unspecified atom stereocenters. The molecular weight excluding hydrogens is 226 g/mol. The van der Waals surface area contributed by atoms with Crippen LogP contribution < -0.4 is 10.1 Å². The first-order chi connectivity index (χ1) is 8.57. The van der Waals surface area contributed by atoms with Gasteiger partial charge in [-0.3, -0.25) is 0 Å². The van der Waals surface area contributed by atoms with Crippen molar-refractivity contribution in [2.75, 3.05) is 13.7 Å². The lowest BCUT2D eigenvalue weighted by molar-refractivity contribution is -0.108. The molecule has 1 N–H and O–H groups in total. The van der Waals surface area contributed by atoms with Crippen molar-refractivity contribution in [1.29, 1.82) is 0 Å². The van der Waals surface area contributed by atoms with Crippen molar-refractivity contribution in [1.82, 2.24) is 5.32 Å². The summed E-state index contributed by atoms with van der Waals surface area (Å²) >= 11 is 0. The summed E-state index contributed by atoms with van der Waals surface area (Å²) in [5, 5.41) is 3.35. The molecule has 1 aliphatic rings. The average molecular weight is 249 g/mol. The molecule has 0 amide bonds. The predicted molar refractivity (Wildman–Crippen MR) is 73.0 cm³/mol. The third-order valence-corrected chi connectivity index (χ3v) is 3.66. The third-order valence-electron chi connectivity index (χ3n) is 3.66. The number of likely N-dealkylation sites (N-methyl/N-ethyl adjacent to an activating group) is 1. The van der Waals surface area contributed by atoms with Gasteiger partial charge in [0.25, 0.3) is 0 Å². The third kappa shape index (κ3) is 2.68. The van der Waals surface area contributed by atoms with Crippen LogP contribution in [-0.4, -0.2) is 25.4 Å². The van der Waals surface area contributed by atoms with E-state index in [9.17, 15) is 0 Å². The van der Waals surface area contributed by atoms with E-state index in [4.69, 9.17) is 9.47 Å². The van der Waals surface area contributed by atoms with Gasteiger partial charge in [0.2, 0.25) is 0 Å². The van der Waals surface area contributed by atoms with Crippen LogP contribution in [0, 0.1) is 0 Å². The standard InChI is InChI=1S/C15H23NO2/c1-5-15(2,3)18-13-10-17-12-9-7-6-8-11(12)14(13)16-4/h6-9,13-14,16H,5,10H2,1-4H3. The smallest absolute Gasteiger partial charge is 0.124 e. The first kappa shape index (κ1) is 13.4. The Morgan fingerprint density at radius 1 is 1.39 bits per heavy atom. The lowest BCUT2D eigenvalue weighted by Crippen LogP contribution is -2.44. The quantitative estimate of drug-likeness (QED) is 0.890. The van der Waals surface area contributed by atoms with Gasteiger partial charge in [-0.2, -0.15) is 0 Å².